The van der Waals surface area contributed by atoms with Gasteiger partial charge in [0.25, 0.3) is 0 Å². The SMILES string of the molecule is CCCCC[C@H](Sc1ccccc1)[C@@H](C)C(=O)SCc1ccccc1. The van der Waals surface area contributed by atoms with Gasteiger partial charge in [-0.3, -0.25) is 4.79 Å². The van der Waals surface area contributed by atoms with Crippen molar-refractivity contribution in [3.05, 3.63) is 66.2 Å². The van der Waals surface area contributed by atoms with E-state index in [9.17, 15) is 4.79 Å². The molecule has 1 nitrogen and oxygen atoms in total. The molecule has 0 spiro atoms. The highest BCUT2D eigenvalue weighted by Crippen LogP contribution is 2.34. The van der Waals surface area contributed by atoms with E-state index >= 15 is 0 Å². The molecule has 0 aromatic heterocycles. The second-order valence-corrected chi connectivity index (χ2v) is 8.64. The lowest BCUT2D eigenvalue weighted by Crippen LogP contribution is -2.21. The molecular formula is C22H28OS2. The molecule has 25 heavy (non-hydrogen) atoms. The Kier molecular flexibility index (Phi) is 9.20. The van der Waals surface area contributed by atoms with Crippen molar-refractivity contribution in [2.75, 3.05) is 0 Å². The Bertz CT molecular complexity index is 612. The summed E-state index contributed by atoms with van der Waals surface area (Å²) in [7, 11) is 0. The van der Waals surface area contributed by atoms with Gasteiger partial charge in [-0.05, 0) is 24.1 Å². The van der Waals surface area contributed by atoms with Crippen LogP contribution in [0, 0.1) is 5.92 Å². The van der Waals surface area contributed by atoms with E-state index in [1.54, 1.807) is 0 Å². The van der Waals surface area contributed by atoms with Crippen LogP contribution in [-0.4, -0.2) is 10.4 Å². The average molecular weight is 373 g/mol. The number of unbranched alkanes of at least 4 members (excludes halogenated alkanes) is 2. The standard InChI is InChI=1S/C22H28OS2/c1-3-4-7-16-21(25-20-14-10-6-11-15-20)18(2)22(23)24-17-19-12-8-5-9-13-19/h5-6,8-15,18,21H,3-4,7,16-17H2,1-2H3/t18-,21+/m1/s1. The third kappa shape index (κ3) is 7.29. The van der Waals surface area contributed by atoms with Crippen molar-refractivity contribution in [2.45, 2.75) is 55.4 Å². The van der Waals surface area contributed by atoms with Crippen molar-refractivity contribution < 1.29 is 4.79 Å². The van der Waals surface area contributed by atoms with E-state index in [2.05, 4.69) is 50.2 Å². The molecule has 0 unspecified atom stereocenters. The number of carbonyl (C=O) groups is 1. The zero-order valence-corrected chi connectivity index (χ0v) is 16.8. The third-order valence-corrected chi connectivity index (χ3v) is 6.90. The van der Waals surface area contributed by atoms with E-state index in [0.717, 1.165) is 12.2 Å². The van der Waals surface area contributed by atoms with Gasteiger partial charge in [-0.25, -0.2) is 0 Å². The van der Waals surface area contributed by atoms with Crippen molar-refractivity contribution in [2.24, 2.45) is 5.92 Å². The van der Waals surface area contributed by atoms with Gasteiger partial charge in [0.05, 0.1) is 0 Å². The molecule has 0 amide bonds. The van der Waals surface area contributed by atoms with Crippen LogP contribution in [0.3, 0.4) is 0 Å². The van der Waals surface area contributed by atoms with E-state index in [1.807, 2.05) is 36.0 Å². The number of carbonyl (C=O) groups excluding carboxylic acids is 1. The largest absolute Gasteiger partial charge is 0.287 e. The second kappa shape index (κ2) is 11.4. The highest BCUT2D eigenvalue weighted by atomic mass is 32.2. The van der Waals surface area contributed by atoms with Crippen LogP contribution in [0.15, 0.2) is 65.6 Å². The lowest BCUT2D eigenvalue weighted by molar-refractivity contribution is -0.113. The fourth-order valence-corrected chi connectivity index (χ4v) is 4.98. The molecule has 0 fully saturated rings. The van der Waals surface area contributed by atoms with E-state index in [-0.39, 0.29) is 5.92 Å². The van der Waals surface area contributed by atoms with Crippen LogP contribution in [0.2, 0.25) is 0 Å². The lowest BCUT2D eigenvalue weighted by atomic mass is 10.0. The van der Waals surface area contributed by atoms with Crippen molar-refractivity contribution in [1.82, 2.24) is 0 Å². The number of thioether (sulfide) groups is 2. The Morgan fingerprint density at radius 2 is 1.60 bits per heavy atom. The molecule has 2 atom stereocenters. The molecule has 0 N–H and O–H groups in total. The summed E-state index contributed by atoms with van der Waals surface area (Å²) >= 11 is 3.33. The summed E-state index contributed by atoms with van der Waals surface area (Å²) in [6.45, 7) is 4.33. The van der Waals surface area contributed by atoms with Gasteiger partial charge in [0.2, 0.25) is 0 Å². The summed E-state index contributed by atoms with van der Waals surface area (Å²) in [6.07, 6.45) is 4.76. The van der Waals surface area contributed by atoms with Crippen LogP contribution >= 0.6 is 23.5 Å². The first-order valence-corrected chi connectivity index (χ1v) is 11.0. The maximum absolute atomic E-state index is 12.7. The Morgan fingerprint density at radius 3 is 2.24 bits per heavy atom. The zero-order valence-electron chi connectivity index (χ0n) is 15.2. The zero-order chi connectivity index (χ0) is 17.9. The smallest absolute Gasteiger partial charge is 0.193 e. The van der Waals surface area contributed by atoms with Gasteiger partial charge in [0.1, 0.15) is 0 Å². The predicted octanol–water partition coefficient (Wildman–Crippen LogP) is 6.82. The molecule has 0 bridgehead atoms. The number of hydrogen-bond acceptors (Lipinski definition) is 3. The highest BCUT2D eigenvalue weighted by Gasteiger charge is 2.25. The minimum Gasteiger partial charge on any atom is -0.287 e. The number of rotatable bonds is 10. The van der Waals surface area contributed by atoms with E-state index < -0.39 is 0 Å². The van der Waals surface area contributed by atoms with Gasteiger partial charge < -0.3 is 0 Å². The highest BCUT2D eigenvalue weighted by molar-refractivity contribution is 8.13. The van der Waals surface area contributed by atoms with Crippen LogP contribution in [0.1, 0.15) is 45.1 Å². The Labute approximate surface area is 161 Å². The molecule has 0 saturated carbocycles. The first-order valence-electron chi connectivity index (χ1n) is 9.13. The maximum Gasteiger partial charge on any atom is 0.193 e. The molecule has 0 heterocycles. The molecule has 2 aromatic carbocycles. The Hall–Kier alpha value is -1.19. The Morgan fingerprint density at radius 1 is 0.960 bits per heavy atom. The molecule has 2 rings (SSSR count). The monoisotopic (exact) mass is 372 g/mol. The normalized spacial score (nSPS) is 13.4. The van der Waals surface area contributed by atoms with Crippen molar-refractivity contribution in [3.63, 3.8) is 0 Å². The van der Waals surface area contributed by atoms with Crippen LogP contribution in [-0.2, 0) is 10.5 Å². The van der Waals surface area contributed by atoms with E-state index in [4.69, 9.17) is 0 Å². The van der Waals surface area contributed by atoms with Crippen molar-refractivity contribution >= 4 is 28.6 Å². The average Bonchev–Trinajstić information content (AvgIpc) is 2.66. The van der Waals surface area contributed by atoms with Crippen LogP contribution in [0.25, 0.3) is 0 Å². The van der Waals surface area contributed by atoms with Gasteiger partial charge in [-0.15, -0.1) is 11.8 Å². The lowest BCUT2D eigenvalue weighted by Gasteiger charge is -2.22. The first-order chi connectivity index (χ1) is 12.2. The molecule has 134 valence electrons. The molecule has 3 heteroatoms. The molecule has 0 aliphatic rings. The van der Waals surface area contributed by atoms with Crippen LogP contribution in [0.4, 0.5) is 0 Å². The molecular weight excluding hydrogens is 344 g/mol. The Balaban J connectivity index is 1.94. The van der Waals surface area contributed by atoms with Crippen LogP contribution < -0.4 is 0 Å². The van der Waals surface area contributed by atoms with Gasteiger partial charge in [0.15, 0.2) is 5.12 Å². The summed E-state index contributed by atoms with van der Waals surface area (Å²) < 4.78 is 0. The van der Waals surface area contributed by atoms with Crippen molar-refractivity contribution in [1.29, 1.82) is 0 Å². The fourth-order valence-electron chi connectivity index (χ4n) is 2.69. The minimum atomic E-state index is 0.0655. The summed E-state index contributed by atoms with van der Waals surface area (Å²) in [6, 6.07) is 20.7. The van der Waals surface area contributed by atoms with Gasteiger partial charge in [0, 0.05) is 21.8 Å². The first kappa shape index (κ1) is 20.1. The third-order valence-electron chi connectivity index (χ3n) is 4.28. The molecule has 0 saturated heterocycles. The molecule has 0 aliphatic carbocycles. The number of benzene rings is 2. The van der Waals surface area contributed by atoms with E-state index in [0.29, 0.717) is 10.4 Å². The van der Waals surface area contributed by atoms with Crippen LogP contribution in [0.5, 0.6) is 0 Å². The van der Waals surface area contributed by atoms with Gasteiger partial charge in [-0.2, -0.15) is 0 Å². The summed E-state index contributed by atoms with van der Waals surface area (Å²) in [5.41, 5.74) is 1.21. The molecule has 0 radical (unpaired) electrons. The minimum absolute atomic E-state index is 0.0655. The van der Waals surface area contributed by atoms with Gasteiger partial charge >= 0.3 is 0 Å². The fraction of sp³-hybridized carbons (Fsp3) is 0.409. The molecule has 2 aromatic rings. The quantitative estimate of drug-likeness (QED) is 0.336. The maximum atomic E-state index is 12.7. The van der Waals surface area contributed by atoms with E-state index in [1.165, 1.54) is 41.5 Å². The predicted molar refractivity (Wildman–Crippen MR) is 112 cm³/mol. The van der Waals surface area contributed by atoms with Crippen molar-refractivity contribution in [3.8, 4) is 0 Å². The van der Waals surface area contributed by atoms with Gasteiger partial charge in [-0.1, -0.05) is 93.4 Å². The number of hydrogen-bond donors (Lipinski definition) is 0. The summed E-state index contributed by atoms with van der Waals surface area (Å²) in [4.78, 5) is 14.0. The second-order valence-electron chi connectivity index (χ2n) is 6.35. The summed E-state index contributed by atoms with van der Waals surface area (Å²) in [5, 5.41) is 0.665. The summed E-state index contributed by atoms with van der Waals surface area (Å²) in [5.74, 6) is 0.831. The molecule has 0 aliphatic heterocycles. The topological polar surface area (TPSA) is 17.1 Å².